The SMILES string of the molecule is COc1c2c3c4c(c(OC)c(=O)c5c6c(c(OC)c(c7c(OC)c8c(c(c1=O)c37)NC(C(C)C)CS8)c54)SCC(C(C)C)N6)C(C(C)=O)=C(C)C2. The molecule has 2 heterocycles. The summed E-state index contributed by atoms with van der Waals surface area (Å²) in [4.78, 5) is 45.5. The largest absolute Gasteiger partial charge is 0.495 e. The Kier molecular flexibility index (Phi) is 7.99. The molecule has 3 aliphatic rings. The Labute approximate surface area is 304 Å². The van der Waals surface area contributed by atoms with Gasteiger partial charge in [-0.15, -0.1) is 23.5 Å². The normalized spacial score (nSPS) is 18.4. The second-order valence-corrected chi connectivity index (χ2v) is 16.6. The third-order valence-corrected chi connectivity index (χ3v) is 13.5. The second kappa shape index (κ2) is 12.0. The van der Waals surface area contributed by atoms with E-state index >= 15 is 4.79 Å². The molecule has 0 spiro atoms. The Hall–Kier alpha value is -4.09. The molecule has 266 valence electrons. The number of carbonyl (C=O) groups excluding carboxylic acids is 1. The lowest BCUT2D eigenvalue weighted by Crippen LogP contribution is -2.32. The van der Waals surface area contributed by atoms with Gasteiger partial charge < -0.3 is 29.6 Å². The van der Waals surface area contributed by atoms with Crippen LogP contribution in [0.15, 0.2) is 25.0 Å². The fraction of sp³-hybridized carbons (Fsp3) is 0.425. The number of allylic oxidation sites excluding steroid dienone is 2. The Morgan fingerprint density at radius 2 is 1.10 bits per heavy atom. The van der Waals surface area contributed by atoms with Gasteiger partial charge >= 0.3 is 0 Å². The quantitative estimate of drug-likeness (QED) is 0.126. The van der Waals surface area contributed by atoms with E-state index in [9.17, 15) is 9.59 Å². The number of ketones is 1. The molecule has 2 unspecified atom stereocenters. The molecule has 0 saturated heterocycles. The lowest BCUT2D eigenvalue weighted by Gasteiger charge is -2.34. The van der Waals surface area contributed by atoms with Crippen LogP contribution in [-0.2, 0) is 11.2 Å². The lowest BCUT2D eigenvalue weighted by molar-refractivity contribution is -0.111. The number of fused-ring (bicyclic) bond motifs is 5. The minimum absolute atomic E-state index is 0.0932. The Morgan fingerprint density at radius 3 is 1.53 bits per heavy atom. The van der Waals surface area contributed by atoms with Crippen LogP contribution >= 0.6 is 23.5 Å². The Morgan fingerprint density at radius 1 is 0.647 bits per heavy atom. The van der Waals surface area contributed by atoms with Crippen LogP contribution < -0.4 is 40.4 Å². The van der Waals surface area contributed by atoms with Crippen LogP contribution in [0.2, 0.25) is 0 Å². The van der Waals surface area contributed by atoms with Crippen molar-refractivity contribution >= 4 is 89.3 Å². The molecule has 0 aromatic heterocycles. The average molecular weight is 727 g/mol. The fourth-order valence-corrected chi connectivity index (χ4v) is 11.5. The number of rotatable bonds is 7. The van der Waals surface area contributed by atoms with E-state index in [4.69, 9.17) is 18.9 Å². The smallest absolute Gasteiger partial charge is 0.230 e. The maximum absolute atomic E-state index is 15.1. The number of carbonyl (C=O) groups is 1. The lowest BCUT2D eigenvalue weighted by atomic mass is 9.82. The van der Waals surface area contributed by atoms with Gasteiger partial charge in [0.25, 0.3) is 0 Å². The van der Waals surface area contributed by atoms with Crippen LogP contribution in [0.3, 0.4) is 0 Å². The molecule has 8 rings (SSSR count). The zero-order valence-electron chi connectivity index (χ0n) is 30.6. The molecule has 0 bridgehead atoms. The van der Waals surface area contributed by atoms with E-state index < -0.39 is 0 Å². The van der Waals surface area contributed by atoms with Crippen LogP contribution in [0.4, 0.5) is 11.4 Å². The van der Waals surface area contributed by atoms with Crippen molar-refractivity contribution in [3.8, 4) is 23.0 Å². The first-order chi connectivity index (χ1) is 24.4. The van der Waals surface area contributed by atoms with Crippen molar-refractivity contribution in [1.29, 1.82) is 0 Å². The van der Waals surface area contributed by atoms with E-state index in [1.165, 1.54) is 21.1 Å². The van der Waals surface area contributed by atoms with Crippen molar-refractivity contribution in [2.75, 3.05) is 50.6 Å². The molecule has 0 fully saturated rings. The number of nitrogens with one attached hydrogen (secondary N) is 2. The van der Waals surface area contributed by atoms with Gasteiger partial charge in [-0.1, -0.05) is 33.3 Å². The topological polar surface area (TPSA) is 112 Å². The van der Waals surface area contributed by atoms with Crippen LogP contribution in [0.1, 0.15) is 52.7 Å². The highest BCUT2D eigenvalue weighted by Crippen LogP contribution is 2.60. The van der Waals surface area contributed by atoms with E-state index in [1.54, 1.807) is 37.7 Å². The molecule has 9 nitrogen and oxygen atoms in total. The summed E-state index contributed by atoms with van der Waals surface area (Å²) in [5, 5.41) is 12.6. The van der Waals surface area contributed by atoms with Gasteiger partial charge in [-0.2, -0.15) is 0 Å². The highest BCUT2D eigenvalue weighted by molar-refractivity contribution is 8.00. The summed E-state index contributed by atoms with van der Waals surface area (Å²) in [6.07, 6.45) is 0.267. The van der Waals surface area contributed by atoms with Crippen LogP contribution in [-0.4, -0.2) is 57.8 Å². The van der Waals surface area contributed by atoms with Crippen LogP contribution in [0, 0.1) is 11.8 Å². The summed E-state index contributed by atoms with van der Waals surface area (Å²) >= 11 is 3.33. The number of ether oxygens (including phenoxy) is 4. The van der Waals surface area contributed by atoms with Gasteiger partial charge in [-0.05, 0) is 37.5 Å². The summed E-state index contributed by atoms with van der Waals surface area (Å²) in [5.41, 5.74) is 3.12. The molecule has 2 N–H and O–H groups in total. The van der Waals surface area contributed by atoms with E-state index in [2.05, 4.69) is 38.3 Å². The van der Waals surface area contributed by atoms with Crippen molar-refractivity contribution in [1.82, 2.24) is 0 Å². The van der Waals surface area contributed by atoms with Gasteiger partial charge in [-0.3, -0.25) is 14.4 Å². The van der Waals surface area contributed by atoms with Crippen molar-refractivity contribution < 1.29 is 23.7 Å². The zero-order chi connectivity index (χ0) is 36.4. The molecule has 0 amide bonds. The molecule has 1 aliphatic carbocycles. The highest BCUT2D eigenvalue weighted by atomic mass is 32.2. The van der Waals surface area contributed by atoms with Gasteiger partial charge in [0.15, 0.2) is 17.3 Å². The summed E-state index contributed by atoms with van der Waals surface area (Å²) in [5.74, 6) is 3.50. The van der Waals surface area contributed by atoms with Crippen molar-refractivity contribution in [3.63, 3.8) is 0 Å². The van der Waals surface area contributed by atoms with Gasteiger partial charge in [0.05, 0.1) is 60.4 Å². The van der Waals surface area contributed by atoms with E-state index in [0.717, 1.165) is 32.3 Å². The molecular weight excluding hydrogens is 685 g/mol. The minimum Gasteiger partial charge on any atom is -0.495 e. The summed E-state index contributed by atoms with van der Waals surface area (Å²) in [6.45, 7) is 12.1. The maximum Gasteiger partial charge on any atom is 0.230 e. The summed E-state index contributed by atoms with van der Waals surface area (Å²) in [6, 6.07) is 0.199. The zero-order valence-corrected chi connectivity index (χ0v) is 32.2. The molecular formula is C40H42N2O7S2. The first-order valence-corrected chi connectivity index (χ1v) is 19.3. The van der Waals surface area contributed by atoms with Crippen molar-refractivity contribution in [3.05, 3.63) is 37.1 Å². The molecule has 2 aliphatic heterocycles. The standard InChI is InChI=1S/C40H42N2O7S2/c1-14(2)19-12-50-39-31(41-19)29-24-22-18(35(46-7)33(29)44)11-16(5)21(17(6)43)26-23(22)25-28(27(24)37(39)48-9)38(49-10)40-32(30(25)34(45)36(26)47-8)42-20(13-51-40)15(3)4/h14-15,19-20,41-42H,11-13H2,1-10H3. The first-order valence-electron chi connectivity index (χ1n) is 17.4. The minimum atomic E-state index is -0.307. The number of hydrogen-bond acceptors (Lipinski definition) is 11. The number of methoxy groups -OCH3 is 4. The van der Waals surface area contributed by atoms with Crippen LogP contribution in [0.25, 0.3) is 48.7 Å². The number of thioether (sulfide) groups is 2. The third-order valence-electron chi connectivity index (χ3n) is 11.1. The van der Waals surface area contributed by atoms with Crippen LogP contribution in [0.5, 0.6) is 23.0 Å². The number of Topliss-reactive ketones (excluding diaryl/α,β-unsaturated/α-hetero) is 1. The maximum atomic E-state index is 15.1. The Balaban J connectivity index is 1.79. The third kappa shape index (κ3) is 4.40. The predicted octanol–water partition coefficient (Wildman–Crippen LogP) is 7.93. The Bertz CT molecular complexity index is 2510. The molecule has 2 atom stereocenters. The molecule has 11 heteroatoms. The molecule has 51 heavy (non-hydrogen) atoms. The number of benzene rings is 5. The second-order valence-electron chi connectivity index (χ2n) is 14.6. The van der Waals surface area contributed by atoms with E-state index in [0.29, 0.717) is 89.1 Å². The average Bonchev–Trinajstić information content (AvgIpc) is 3.23. The number of hydrogen-bond donors (Lipinski definition) is 2. The van der Waals surface area contributed by atoms with Gasteiger partial charge in [0.1, 0.15) is 11.5 Å². The molecule has 0 radical (unpaired) electrons. The highest BCUT2D eigenvalue weighted by Gasteiger charge is 2.40. The first kappa shape index (κ1) is 34.0. The molecule has 5 aromatic rings. The predicted molar refractivity (Wildman–Crippen MR) is 211 cm³/mol. The summed E-state index contributed by atoms with van der Waals surface area (Å²) in [7, 11) is 6.32. The fourth-order valence-electron chi connectivity index (χ4n) is 8.67. The summed E-state index contributed by atoms with van der Waals surface area (Å²) < 4.78 is 24.9. The molecule has 5 aromatic carbocycles. The van der Waals surface area contributed by atoms with Gasteiger partial charge in [0, 0.05) is 67.2 Å². The monoisotopic (exact) mass is 726 g/mol. The van der Waals surface area contributed by atoms with E-state index in [1.807, 2.05) is 6.92 Å². The van der Waals surface area contributed by atoms with E-state index in [-0.39, 0.29) is 46.6 Å². The van der Waals surface area contributed by atoms with Crippen molar-refractivity contribution in [2.24, 2.45) is 11.8 Å². The van der Waals surface area contributed by atoms with Gasteiger partial charge in [0.2, 0.25) is 10.9 Å². The molecule has 0 saturated carbocycles. The van der Waals surface area contributed by atoms with Crippen molar-refractivity contribution in [2.45, 2.75) is 69.8 Å². The number of anilines is 2. The van der Waals surface area contributed by atoms with Gasteiger partial charge in [-0.25, -0.2) is 0 Å².